The van der Waals surface area contributed by atoms with Gasteiger partial charge in [0.25, 0.3) is 0 Å². The van der Waals surface area contributed by atoms with Gasteiger partial charge in [0.05, 0.1) is 0 Å². The van der Waals surface area contributed by atoms with Crippen molar-refractivity contribution in [3.8, 4) is 0 Å². The van der Waals surface area contributed by atoms with Crippen LogP contribution in [0.15, 0.2) is 0 Å². The van der Waals surface area contributed by atoms with Crippen molar-refractivity contribution in [2.24, 2.45) is 0 Å². The lowest BCUT2D eigenvalue weighted by atomic mass is 10.0. The van der Waals surface area contributed by atoms with Crippen LogP contribution < -0.4 is 5.32 Å². The first kappa shape index (κ1) is 50.4. The summed E-state index contributed by atoms with van der Waals surface area (Å²) in [6.07, 6.45) is 48.2. The second-order valence-corrected chi connectivity index (χ2v) is 16.0. The summed E-state index contributed by atoms with van der Waals surface area (Å²) in [5.41, 5.74) is 0. The minimum absolute atomic E-state index is 0.00916. The fourth-order valence-corrected chi connectivity index (χ4v) is 7.34. The molecule has 0 heterocycles. The molecular weight excluding hydrogens is 647 g/mol. The molecule has 6 heteroatoms. The van der Waals surface area contributed by atoms with Gasteiger partial charge >= 0.3 is 11.9 Å². The molecule has 6 nitrogen and oxygen atoms in total. The summed E-state index contributed by atoms with van der Waals surface area (Å²) in [5.74, 6) is -1.21. The minimum atomic E-state index is -1.01. The number of unbranched alkanes of at least 4 members (excludes halogenated alkanes) is 32. The molecule has 2 N–H and O–H groups in total. The van der Waals surface area contributed by atoms with Gasteiger partial charge in [-0.1, -0.05) is 213 Å². The highest BCUT2D eigenvalue weighted by atomic mass is 16.5. The van der Waals surface area contributed by atoms with Gasteiger partial charge in [-0.25, -0.2) is 0 Å². The highest BCUT2D eigenvalue weighted by Gasteiger charge is 2.14. The Hall–Kier alpha value is -1.59. The number of carbonyl (C=O) groups is 3. The van der Waals surface area contributed by atoms with Gasteiger partial charge in [0.15, 0.2) is 0 Å². The van der Waals surface area contributed by atoms with E-state index in [1.807, 2.05) is 0 Å². The Kier molecular flexibility index (Phi) is 40.9. The van der Waals surface area contributed by atoms with E-state index in [1.54, 1.807) is 0 Å². The molecule has 0 aromatic rings. The van der Waals surface area contributed by atoms with Crippen LogP contribution >= 0.6 is 0 Å². The van der Waals surface area contributed by atoms with E-state index in [4.69, 9.17) is 9.84 Å². The third-order valence-electron chi connectivity index (χ3n) is 10.8. The van der Waals surface area contributed by atoms with E-state index in [1.165, 1.54) is 173 Å². The first-order valence-electron chi connectivity index (χ1n) is 23.2. The van der Waals surface area contributed by atoms with Crippen LogP contribution in [-0.2, 0) is 19.1 Å². The highest BCUT2D eigenvalue weighted by Crippen LogP contribution is 2.19. The quantitative estimate of drug-likeness (QED) is 0.0480. The number of aliphatic carboxylic acids is 1. The molecule has 0 saturated heterocycles. The number of nitrogens with one attached hydrogen (secondary N) is 1. The van der Waals surface area contributed by atoms with E-state index in [0.29, 0.717) is 12.8 Å². The van der Waals surface area contributed by atoms with Gasteiger partial charge in [0.1, 0.15) is 12.6 Å². The molecule has 0 aromatic heterocycles. The zero-order chi connectivity index (χ0) is 38.0. The summed E-state index contributed by atoms with van der Waals surface area (Å²) in [4.78, 5) is 35.0. The van der Waals surface area contributed by atoms with Crippen molar-refractivity contribution in [2.45, 2.75) is 270 Å². The number of carbonyl (C=O) groups excluding carboxylic acids is 2. The lowest BCUT2D eigenvalue weighted by molar-refractivity contribution is -0.150. The van der Waals surface area contributed by atoms with Gasteiger partial charge in [-0.3, -0.25) is 14.4 Å². The molecule has 0 aliphatic carbocycles. The van der Waals surface area contributed by atoms with Crippen molar-refractivity contribution in [1.82, 2.24) is 5.32 Å². The molecular formula is C46H89NO5. The molecule has 0 saturated carbocycles. The van der Waals surface area contributed by atoms with Gasteiger partial charge in [-0.2, -0.15) is 0 Å². The molecule has 0 aromatic carbocycles. The number of ether oxygens (including phenoxy) is 1. The van der Waals surface area contributed by atoms with Crippen LogP contribution in [0, 0.1) is 0 Å². The number of carboxylic acid groups (broad SMARTS) is 1. The minimum Gasteiger partial charge on any atom is -0.480 e. The van der Waals surface area contributed by atoms with E-state index in [2.05, 4.69) is 19.2 Å². The first-order valence-corrected chi connectivity index (χ1v) is 23.2. The third-order valence-corrected chi connectivity index (χ3v) is 10.8. The Bertz CT molecular complexity index is 772. The predicted octanol–water partition coefficient (Wildman–Crippen LogP) is 14.4. The summed E-state index contributed by atoms with van der Waals surface area (Å²) in [7, 11) is 0. The van der Waals surface area contributed by atoms with Crippen molar-refractivity contribution < 1.29 is 24.2 Å². The summed E-state index contributed by atoms with van der Waals surface area (Å²) < 4.78 is 6.02. The topological polar surface area (TPSA) is 92.7 Å². The number of esters is 1. The van der Waals surface area contributed by atoms with Crippen LogP contribution in [0.1, 0.15) is 264 Å². The lowest BCUT2D eigenvalue weighted by Crippen LogP contribution is -2.28. The van der Waals surface area contributed by atoms with Gasteiger partial charge in [-0.15, -0.1) is 0 Å². The van der Waals surface area contributed by atoms with Gasteiger partial charge in [-0.05, 0) is 38.5 Å². The molecule has 1 unspecified atom stereocenters. The first-order chi connectivity index (χ1) is 25.5. The van der Waals surface area contributed by atoms with Gasteiger partial charge in [0.2, 0.25) is 5.91 Å². The van der Waals surface area contributed by atoms with Gasteiger partial charge in [0, 0.05) is 12.8 Å². The van der Waals surface area contributed by atoms with E-state index in [9.17, 15) is 14.4 Å². The van der Waals surface area contributed by atoms with Crippen LogP contribution in [-0.4, -0.2) is 35.6 Å². The van der Waals surface area contributed by atoms with E-state index in [-0.39, 0.29) is 24.5 Å². The molecule has 0 aliphatic rings. The molecule has 0 aliphatic heterocycles. The normalized spacial score (nSPS) is 11.9. The van der Waals surface area contributed by atoms with Crippen molar-refractivity contribution in [3.63, 3.8) is 0 Å². The largest absolute Gasteiger partial charge is 0.480 e. The molecule has 1 amide bonds. The van der Waals surface area contributed by atoms with E-state index >= 15 is 0 Å². The number of amides is 1. The van der Waals surface area contributed by atoms with Crippen LogP contribution in [0.25, 0.3) is 0 Å². The van der Waals surface area contributed by atoms with Crippen LogP contribution in [0.4, 0.5) is 0 Å². The number of hydrogen-bond donors (Lipinski definition) is 2. The predicted molar refractivity (Wildman–Crippen MR) is 222 cm³/mol. The molecule has 0 bridgehead atoms. The number of hydrogen-bond acceptors (Lipinski definition) is 4. The lowest BCUT2D eigenvalue weighted by Gasteiger charge is -2.18. The summed E-state index contributed by atoms with van der Waals surface area (Å²) in [6.45, 7) is 4.24. The maximum atomic E-state index is 12.7. The Morgan fingerprint density at radius 3 is 1.04 bits per heavy atom. The Balaban J connectivity index is 3.87. The molecule has 0 spiro atoms. The molecule has 52 heavy (non-hydrogen) atoms. The summed E-state index contributed by atoms with van der Waals surface area (Å²) in [6, 6.07) is 0. The van der Waals surface area contributed by atoms with E-state index in [0.717, 1.165) is 64.2 Å². The van der Waals surface area contributed by atoms with Gasteiger partial charge < -0.3 is 15.2 Å². The fourth-order valence-electron chi connectivity index (χ4n) is 7.34. The molecule has 0 fully saturated rings. The third kappa shape index (κ3) is 41.2. The Morgan fingerprint density at radius 2 is 0.712 bits per heavy atom. The highest BCUT2D eigenvalue weighted by molar-refractivity contribution is 5.80. The fraction of sp³-hybridized carbons (Fsp3) is 0.935. The second kappa shape index (κ2) is 42.2. The van der Waals surface area contributed by atoms with Crippen LogP contribution in [0.2, 0.25) is 0 Å². The van der Waals surface area contributed by atoms with Crippen LogP contribution in [0.3, 0.4) is 0 Å². The second-order valence-electron chi connectivity index (χ2n) is 16.0. The van der Waals surface area contributed by atoms with E-state index < -0.39 is 5.97 Å². The SMILES string of the molecule is CCCCCCCCCCCCCCCCCCCCCCCCC(=O)OC(CCCCCCCCCC)CCCCCCCC(=O)NCC(=O)O. The Morgan fingerprint density at radius 1 is 0.423 bits per heavy atom. The van der Waals surface area contributed by atoms with Crippen molar-refractivity contribution in [1.29, 1.82) is 0 Å². The van der Waals surface area contributed by atoms with Crippen molar-refractivity contribution >= 4 is 17.8 Å². The number of rotatable bonds is 43. The summed E-state index contributed by atoms with van der Waals surface area (Å²) in [5, 5.41) is 11.1. The Labute approximate surface area is 323 Å². The van der Waals surface area contributed by atoms with Crippen molar-refractivity contribution in [3.05, 3.63) is 0 Å². The average molecular weight is 736 g/mol. The smallest absolute Gasteiger partial charge is 0.322 e. The van der Waals surface area contributed by atoms with Crippen LogP contribution in [0.5, 0.6) is 0 Å². The molecule has 0 radical (unpaired) electrons. The molecule has 1 atom stereocenters. The molecule has 308 valence electrons. The maximum Gasteiger partial charge on any atom is 0.322 e. The number of carboxylic acids is 1. The van der Waals surface area contributed by atoms with Crippen molar-refractivity contribution in [2.75, 3.05) is 6.54 Å². The zero-order valence-corrected chi connectivity index (χ0v) is 34.9. The average Bonchev–Trinajstić information content (AvgIpc) is 3.13. The monoisotopic (exact) mass is 736 g/mol. The summed E-state index contributed by atoms with van der Waals surface area (Å²) >= 11 is 0. The standard InChI is InChI=1S/C46H89NO5/c1-3-5-7-9-11-13-14-15-16-17-18-19-20-21-22-23-24-25-26-28-33-37-41-46(51)52-43(38-34-30-27-12-10-8-6-4-2)39-35-31-29-32-36-40-44(48)47-42-45(49)50/h43H,3-42H2,1-2H3,(H,47,48)(H,49,50). The zero-order valence-electron chi connectivity index (χ0n) is 34.9. The maximum absolute atomic E-state index is 12.7. The molecule has 0 rings (SSSR count).